The van der Waals surface area contributed by atoms with Gasteiger partial charge >= 0.3 is 0 Å². The summed E-state index contributed by atoms with van der Waals surface area (Å²) < 4.78 is 0. The van der Waals surface area contributed by atoms with Crippen molar-refractivity contribution in [3.8, 4) is 0 Å². The van der Waals surface area contributed by atoms with Crippen LogP contribution in [0.4, 0.5) is 0 Å². The molecule has 0 aromatic rings. The van der Waals surface area contributed by atoms with Crippen molar-refractivity contribution in [2.24, 2.45) is 59.2 Å². The second-order valence-electron chi connectivity index (χ2n) is 15.7. The second-order valence-corrected chi connectivity index (χ2v) is 15.7. The summed E-state index contributed by atoms with van der Waals surface area (Å²) in [6, 6.07) is 0. The van der Waals surface area contributed by atoms with E-state index in [1.807, 2.05) is 0 Å². The van der Waals surface area contributed by atoms with Crippen molar-refractivity contribution in [1.82, 2.24) is 4.90 Å². The van der Waals surface area contributed by atoms with Crippen molar-refractivity contribution < 1.29 is 0 Å². The van der Waals surface area contributed by atoms with E-state index in [1.165, 1.54) is 38.9 Å². The Labute approximate surface area is 238 Å². The van der Waals surface area contributed by atoms with Crippen molar-refractivity contribution in [1.29, 1.82) is 0 Å². The van der Waals surface area contributed by atoms with E-state index >= 15 is 0 Å². The van der Waals surface area contributed by atoms with Crippen LogP contribution < -0.4 is 0 Å². The van der Waals surface area contributed by atoms with Gasteiger partial charge in [-0.1, -0.05) is 110 Å². The van der Waals surface area contributed by atoms with Crippen molar-refractivity contribution in [2.75, 3.05) is 19.6 Å². The summed E-state index contributed by atoms with van der Waals surface area (Å²) in [5.74, 6) is 10.7. The van der Waals surface area contributed by atoms with Crippen LogP contribution >= 0.6 is 0 Å². The molecule has 6 fully saturated rings. The van der Waals surface area contributed by atoms with Crippen LogP contribution in [0.15, 0.2) is 0 Å². The molecule has 0 N–H and O–H groups in total. The molecule has 218 valence electrons. The van der Waals surface area contributed by atoms with E-state index in [4.69, 9.17) is 0 Å². The molecule has 0 bridgehead atoms. The van der Waals surface area contributed by atoms with Crippen molar-refractivity contribution >= 4 is 0 Å². The lowest BCUT2D eigenvalue weighted by molar-refractivity contribution is 0.00799. The van der Waals surface area contributed by atoms with E-state index in [-0.39, 0.29) is 0 Å². The Hall–Kier alpha value is -0.0400. The predicted molar refractivity (Wildman–Crippen MR) is 163 cm³/mol. The van der Waals surface area contributed by atoms with Gasteiger partial charge in [-0.3, -0.25) is 0 Å². The molecule has 5 aliphatic carbocycles. The molecule has 1 saturated heterocycles. The molecular formula is C37H65N. The Bertz CT molecular complexity index is 701. The van der Waals surface area contributed by atoms with Crippen molar-refractivity contribution in [3.05, 3.63) is 0 Å². The van der Waals surface area contributed by atoms with Crippen LogP contribution in [0.3, 0.4) is 0 Å². The van der Waals surface area contributed by atoms with E-state index < -0.39 is 0 Å². The van der Waals surface area contributed by atoms with E-state index in [2.05, 4.69) is 11.8 Å². The SMILES string of the molecule is CCCN1CC2C3CCCC[C@@H]3CCCCC3CCCCCC3C3CCCCC3C3CCCCC[C@@H]3C2C1. The van der Waals surface area contributed by atoms with Crippen LogP contribution in [0.2, 0.25) is 0 Å². The predicted octanol–water partition coefficient (Wildman–Crippen LogP) is 10.5. The third-order valence-corrected chi connectivity index (χ3v) is 13.8. The highest BCUT2D eigenvalue weighted by molar-refractivity contribution is 4.99. The second kappa shape index (κ2) is 13.7. The van der Waals surface area contributed by atoms with Crippen molar-refractivity contribution in [2.45, 2.75) is 155 Å². The highest BCUT2D eigenvalue weighted by Gasteiger charge is 2.49. The van der Waals surface area contributed by atoms with Crippen LogP contribution in [-0.4, -0.2) is 24.5 Å². The fourth-order valence-electron chi connectivity index (χ4n) is 12.3. The molecule has 6 rings (SSSR count). The standard InChI is InChI=1S/C37H65N/c1-2-25-38-26-36-31-20-12-11-18-29(31)17-10-9-16-28-15-5-3-6-19-30(28)32-23-13-14-24-33(32)34-21-7-4-8-22-35(34)37(36)27-38/h28-37H,2-27H2,1H3/t28?,29-,30?,31?,32?,33?,34?,35-,36?,37?/m0/s1. The smallest absolute Gasteiger partial charge is 0.00158 e. The zero-order valence-corrected chi connectivity index (χ0v) is 25.6. The number of likely N-dealkylation sites (tertiary alicyclic amines) is 1. The number of rotatable bonds is 2. The Morgan fingerprint density at radius 1 is 0.368 bits per heavy atom. The number of nitrogens with zero attached hydrogens (tertiary/aromatic N) is 1. The van der Waals surface area contributed by atoms with Gasteiger partial charge in [0.15, 0.2) is 0 Å². The molecule has 1 aliphatic heterocycles. The van der Waals surface area contributed by atoms with Crippen LogP contribution in [0, 0.1) is 59.2 Å². The van der Waals surface area contributed by atoms with Gasteiger partial charge in [-0.15, -0.1) is 0 Å². The fraction of sp³-hybridized carbons (Fsp3) is 1.00. The summed E-state index contributed by atoms with van der Waals surface area (Å²) in [6.45, 7) is 6.76. The monoisotopic (exact) mass is 524 g/mol. The van der Waals surface area contributed by atoms with Gasteiger partial charge < -0.3 is 4.90 Å². The number of fused-ring (bicyclic) bond motifs is 9. The first-order valence-electron chi connectivity index (χ1n) is 18.6. The average Bonchev–Trinajstić information content (AvgIpc) is 3.09. The lowest BCUT2D eigenvalue weighted by Gasteiger charge is -2.48. The van der Waals surface area contributed by atoms with E-state index in [0.29, 0.717) is 0 Å². The molecule has 10 atom stereocenters. The van der Waals surface area contributed by atoms with Gasteiger partial charge in [0.2, 0.25) is 0 Å². The first-order valence-corrected chi connectivity index (χ1v) is 18.6. The molecule has 0 radical (unpaired) electrons. The van der Waals surface area contributed by atoms with Gasteiger partial charge in [-0.05, 0) is 111 Å². The Morgan fingerprint density at radius 2 is 0.684 bits per heavy atom. The molecule has 0 aromatic heterocycles. The molecule has 38 heavy (non-hydrogen) atoms. The third-order valence-electron chi connectivity index (χ3n) is 13.8. The summed E-state index contributed by atoms with van der Waals surface area (Å²) in [7, 11) is 0. The summed E-state index contributed by atoms with van der Waals surface area (Å²) in [4.78, 5) is 2.99. The van der Waals surface area contributed by atoms with Gasteiger partial charge in [0.1, 0.15) is 0 Å². The van der Waals surface area contributed by atoms with Gasteiger partial charge in [0.25, 0.3) is 0 Å². The largest absolute Gasteiger partial charge is 0.303 e. The van der Waals surface area contributed by atoms with Gasteiger partial charge in [0, 0.05) is 13.1 Å². The molecule has 1 nitrogen and oxygen atoms in total. The Kier molecular flexibility index (Phi) is 10.2. The van der Waals surface area contributed by atoms with Crippen LogP contribution in [0.1, 0.15) is 155 Å². The highest BCUT2D eigenvalue weighted by atomic mass is 15.2. The fourth-order valence-corrected chi connectivity index (χ4v) is 12.3. The van der Waals surface area contributed by atoms with Gasteiger partial charge in [0.05, 0.1) is 0 Å². The van der Waals surface area contributed by atoms with E-state index in [1.54, 1.807) is 128 Å². The van der Waals surface area contributed by atoms with E-state index in [9.17, 15) is 0 Å². The van der Waals surface area contributed by atoms with Gasteiger partial charge in [-0.25, -0.2) is 0 Å². The highest BCUT2D eigenvalue weighted by Crippen LogP contribution is 2.55. The first-order chi connectivity index (χ1) is 18.8. The molecule has 5 saturated carbocycles. The number of hydrogen-bond acceptors (Lipinski definition) is 1. The average molecular weight is 524 g/mol. The molecule has 0 aromatic carbocycles. The summed E-state index contributed by atoms with van der Waals surface area (Å²) in [5, 5.41) is 0. The molecule has 0 amide bonds. The number of hydrogen-bond donors (Lipinski definition) is 0. The molecule has 1 heteroatoms. The Balaban J connectivity index is 1.36. The Morgan fingerprint density at radius 3 is 1.18 bits per heavy atom. The normalized spacial score (nSPS) is 45.7. The lowest BCUT2D eigenvalue weighted by Crippen LogP contribution is -2.42. The quantitative estimate of drug-likeness (QED) is 0.348. The third kappa shape index (κ3) is 6.23. The maximum Gasteiger partial charge on any atom is 0.00158 e. The maximum atomic E-state index is 2.99. The summed E-state index contributed by atoms with van der Waals surface area (Å²) >= 11 is 0. The molecule has 8 unspecified atom stereocenters. The molecular weight excluding hydrogens is 458 g/mol. The minimum atomic E-state index is 1.03. The minimum absolute atomic E-state index is 1.03. The summed E-state index contributed by atoms with van der Waals surface area (Å²) in [6.07, 6.45) is 35.9. The zero-order chi connectivity index (χ0) is 25.7. The van der Waals surface area contributed by atoms with Crippen molar-refractivity contribution in [3.63, 3.8) is 0 Å². The molecule has 6 aliphatic rings. The molecule has 0 spiro atoms. The van der Waals surface area contributed by atoms with Gasteiger partial charge in [-0.2, -0.15) is 0 Å². The topological polar surface area (TPSA) is 3.24 Å². The zero-order valence-electron chi connectivity index (χ0n) is 25.6. The molecule has 1 heterocycles. The van der Waals surface area contributed by atoms with E-state index in [0.717, 1.165) is 59.2 Å². The maximum absolute atomic E-state index is 2.99. The first kappa shape index (κ1) is 28.1. The summed E-state index contributed by atoms with van der Waals surface area (Å²) in [5.41, 5.74) is 0. The van der Waals surface area contributed by atoms with Crippen LogP contribution in [-0.2, 0) is 0 Å². The lowest BCUT2D eigenvalue weighted by atomic mass is 9.56. The van der Waals surface area contributed by atoms with Crippen LogP contribution in [0.5, 0.6) is 0 Å². The minimum Gasteiger partial charge on any atom is -0.303 e. The van der Waals surface area contributed by atoms with Crippen LogP contribution in [0.25, 0.3) is 0 Å².